The van der Waals surface area contributed by atoms with Gasteiger partial charge in [-0.15, -0.1) is 0 Å². The molecule has 28 heavy (non-hydrogen) atoms. The first-order valence-electron chi connectivity index (χ1n) is 9.27. The molecule has 1 atom stereocenters. The van der Waals surface area contributed by atoms with Gasteiger partial charge in [0.25, 0.3) is 5.91 Å². The van der Waals surface area contributed by atoms with Gasteiger partial charge in [0.05, 0.1) is 6.20 Å². The molecule has 3 aromatic carbocycles. The minimum atomic E-state index is -0.380. The fraction of sp³-hybridized carbons (Fsp3) is 0.0833. The average Bonchev–Trinajstić information content (AvgIpc) is 3.13. The molecule has 4 nitrogen and oxygen atoms in total. The topological polar surface area (TPSA) is 37.9 Å². The first-order chi connectivity index (χ1) is 13.7. The van der Waals surface area contributed by atoms with Crippen LogP contribution in [0, 0.1) is 0 Å². The number of anilines is 1. The Morgan fingerprint density at radius 1 is 1.00 bits per heavy atom. The zero-order chi connectivity index (χ0) is 19.5. The largest absolute Gasteiger partial charge is 0.322 e. The van der Waals surface area contributed by atoms with Gasteiger partial charge in [-0.25, -0.2) is 9.13 Å². The molecule has 1 N–H and O–H groups in total. The molecule has 0 saturated heterocycles. The van der Waals surface area contributed by atoms with Crippen LogP contribution < -0.4 is 9.88 Å². The van der Waals surface area contributed by atoms with E-state index in [2.05, 4.69) is 11.9 Å². The number of amides is 1. The molecule has 0 bridgehead atoms. The Labute approximate surface area is 164 Å². The van der Waals surface area contributed by atoms with Crippen LogP contribution in [0.5, 0.6) is 0 Å². The van der Waals surface area contributed by atoms with E-state index in [0.717, 1.165) is 27.8 Å². The lowest BCUT2D eigenvalue weighted by atomic mass is 10.0. The van der Waals surface area contributed by atoms with Gasteiger partial charge in [-0.05, 0) is 30.7 Å². The average molecular weight is 368 g/mol. The van der Waals surface area contributed by atoms with E-state index in [0.29, 0.717) is 0 Å². The highest BCUT2D eigenvalue weighted by Crippen LogP contribution is 2.28. The van der Waals surface area contributed by atoms with Gasteiger partial charge in [-0.1, -0.05) is 67.2 Å². The Balaban J connectivity index is 1.66. The standard InChI is InChI=1S/C24H21N3O/c1-3-26-17-27(23-16-10-9-15-22(23)26)18(2)24(28)25-21-14-8-7-13-20(21)19-11-5-4-6-12-19/h3-18H,1H2,2H3/p+1/t18-/m0/s1. The van der Waals surface area contributed by atoms with E-state index in [4.69, 9.17) is 0 Å². The molecule has 0 aliphatic rings. The maximum atomic E-state index is 13.1. The zero-order valence-corrected chi connectivity index (χ0v) is 15.7. The predicted octanol–water partition coefficient (Wildman–Crippen LogP) is 4.90. The third kappa shape index (κ3) is 3.21. The van der Waals surface area contributed by atoms with E-state index in [9.17, 15) is 4.79 Å². The number of hydrogen-bond donors (Lipinski definition) is 1. The number of rotatable bonds is 5. The van der Waals surface area contributed by atoms with E-state index >= 15 is 0 Å². The molecular formula is C24H22N3O+. The van der Waals surface area contributed by atoms with Gasteiger partial charge in [0.1, 0.15) is 0 Å². The van der Waals surface area contributed by atoms with Crippen LogP contribution in [0.2, 0.25) is 0 Å². The van der Waals surface area contributed by atoms with Gasteiger partial charge in [0.15, 0.2) is 17.1 Å². The summed E-state index contributed by atoms with van der Waals surface area (Å²) >= 11 is 0. The van der Waals surface area contributed by atoms with Crippen molar-refractivity contribution < 1.29 is 9.36 Å². The van der Waals surface area contributed by atoms with Crippen LogP contribution in [-0.2, 0) is 4.79 Å². The summed E-state index contributed by atoms with van der Waals surface area (Å²) in [7, 11) is 0. The molecule has 0 radical (unpaired) electrons. The number of para-hydroxylation sites is 3. The van der Waals surface area contributed by atoms with Crippen LogP contribution >= 0.6 is 0 Å². The molecule has 138 valence electrons. The van der Waals surface area contributed by atoms with Crippen LogP contribution in [-0.4, -0.2) is 10.5 Å². The normalized spacial score (nSPS) is 11.9. The van der Waals surface area contributed by atoms with E-state index in [1.54, 1.807) is 6.20 Å². The van der Waals surface area contributed by atoms with Crippen molar-refractivity contribution in [3.63, 3.8) is 0 Å². The summed E-state index contributed by atoms with van der Waals surface area (Å²) in [5.41, 5.74) is 4.88. The van der Waals surface area contributed by atoms with Crippen molar-refractivity contribution in [2.24, 2.45) is 0 Å². The number of fused-ring (bicyclic) bond motifs is 1. The second kappa shape index (κ2) is 7.53. The minimum Gasteiger partial charge on any atom is -0.322 e. The molecule has 1 amide bonds. The van der Waals surface area contributed by atoms with Gasteiger partial charge in [0, 0.05) is 11.3 Å². The number of nitrogens with one attached hydrogen (secondary N) is 1. The van der Waals surface area contributed by atoms with E-state index < -0.39 is 0 Å². The smallest absolute Gasteiger partial charge is 0.269 e. The molecule has 0 unspecified atom stereocenters. The van der Waals surface area contributed by atoms with Crippen molar-refractivity contribution in [2.45, 2.75) is 13.0 Å². The number of aromatic nitrogens is 2. The highest BCUT2D eigenvalue weighted by atomic mass is 16.2. The summed E-state index contributed by atoms with van der Waals surface area (Å²) in [6, 6.07) is 25.5. The van der Waals surface area contributed by atoms with Crippen LogP contribution in [0.15, 0.2) is 91.8 Å². The Morgan fingerprint density at radius 3 is 2.46 bits per heavy atom. The summed E-state index contributed by atoms with van der Waals surface area (Å²) in [6.45, 7) is 5.76. The second-order valence-corrected chi connectivity index (χ2v) is 6.68. The first kappa shape index (κ1) is 17.7. The van der Waals surface area contributed by atoms with Crippen LogP contribution in [0.3, 0.4) is 0 Å². The number of imidazole rings is 1. The summed E-state index contributed by atoms with van der Waals surface area (Å²) in [5, 5.41) is 3.10. The SMILES string of the molecule is C=Cn1c[n+]([C@@H](C)C(=O)Nc2ccccc2-c2ccccc2)c2ccccc21. The van der Waals surface area contributed by atoms with E-state index in [1.807, 2.05) is 101 Å². The molecule has 0 fully saturated rings. The monoisotopic (exact) mass is 368 g/mol. The quantitative estimate of drug-likeness (QED) is 0.500. The van der Waals surface area contributed by atoms with Crippen molar-refractivity contribution >= 4 is 28.8 Å². The molecule has 0 spiro atoms. The molecule has 4 heteroatoms. The lowest BCUT2D eigenvalue weighted by Crippen LogP contribution is -2.43. The third-order valence-corrected chi connectivity index (χ3v) is 4.95. The number of benzene rings is 3. The molecule has 1 aromatic heterocycles. The molecule has 0 aliphatic heterocycles. The van der Waals surface area contributed by atoms with Crippen molar-refractivity contribution in [1.29, 1.82) is 0 Å². The Bertz CT molecular complexity index is 1140. The maximum Gasteiger partial charge on any atom is 0.269 e. The van der Waals surface area contributed by atoms with Crippen LogP contribution in [0.1, 0.15) is 13.0 Å². The first-order valence-corrected chi connectivity index (χ1v) is 9.27. The van der Waals surface area contributed by atoms with Crippen molar-refractivity contribution in [2.75, 3.05) is 5.32 Å². The summed E-state index contributed by atoms with van der Waals surface area (Å²) < 4.78 is 3.90. The van der Waals surface area contributed by atoms with Gasteiger partial charge in [0.2, 0.25) is 6.33 Å². The van der Waals surface area contributed by atoms with Gasteiger partial charge in [-0.2, -0.15) is 0 Å². The van der Waals surface area contributed by atoms with Crippen molar-refractivity contribution in [3.05, 3.63) is 91.8 Å². The number of nitrogens with zero attached hydrogens (tertiary/aromatic N) is 2. The number of carbonyl (C=O) groups excluding carboxylic acids is 1. The highest BCUT2D eigenvalue weighted by molar-refractivity contribution is 5.97. The maximum absolute atomic E-state index is 13.1. The third-order valence-electron chi connectivity index (χ3n) is 4.95. The number of hydrogen-bond acceptors (Lipinski definition) is 1. The summed E-state index contributed by atoms with van der Waals surface area (Å²) in [4.78, 5) is 13.1. The van der Waals surface area contributed by atoms with Crippen LogP contribution in [0.25, 0.3) is 28.4 Å². The second-order valence-electron chi connectivity index (χ2n) is 6.68. The lowest BCUT2D eigenvalue weighted by Gasteiger charge is -2.14. The van der Waals surface area contributed by atoms with Crippen molar-refractivity contribution in [1.82, 2.24) is 4.57 Å². The Morgan fingerprint density at radius 2 is 1.68 bits per heavy atom. The fourth-order valence-corrected chi connectivity index (χ4v) is 3.44. The molecule has 4 rings (SSSR count). The molecule has 0 saturated carbocycles. The Hall–Kier alpha value is -3.66. The summed E-state index contributed by atoms with van der Waals surface area (Å²) in [5.74, 6) is -0.0691. The van der Waals surface area contributed by atoms with Gasteiger partial charge in [-0.3, -0.25) is 4.79 Å². The van der Waals surface area contributed by atoms with Crippen molar-refractivity contribution in [3.8, 4) is 11.1 Å². The minimum absolute atomic E-state index is 0.0691. The van der Waals surface area contributed by atoms with Crippen LogP contribution in [0.4, 0.5) is 5.69 Å². The summed E-state index contributed by atoms with van der Waals surface area (Å²) in [6.07, 6.45) is 3.65. The van der Waals surface area contributed by atoms with E-state index in [-0.39, 0.29) is 11.9 Å². The predicted molar refractivity (Wildman–Crippen MR) is 114 cm³/mol. The van der Waals surface area contributed by atoms with Gasteiger partial charge < -0.3 is 5.32 Å². The Kier molecular flexibility index (Phi) is 4.77. The van der Waals surface area contributed by atoms with E-state index in [1.165, 1.54) is 0 Å². The molecular weight excluding hydrogens is 346 g/mol. The molecule has 0 aliphatic carbocycles. The molecule has 1 heterocycles. The zero-order valence-electron chi connectivity index (χ0n) is 15.7. The lowest BCUT2D eigenvalue weighted by molar-refractivity contribution is -0.680. The highest BCUT2D eigenvalue weighted by Gasteiger charge is 2.25. The fourth-order valence-electron chi connectivity index (χ4n) is 3.44. The molecule has 4 aromatic rings. The van der Waals surface area contributed by atoms with Gasteiger partial charge >= 0.3 is 0 Å². The number of carbonyl (C=O) groups is 1.